The summed E-state index contributed by atoms with van der Waals surface area (Å²) in [7, 11) is 0. The van der Waals surface area contributed by atoms with Gasteiger partial charge in [-0.15, -0.1) is 0 Å². The lowest BCUT2D eigenvalue weighted by Gasteiger charge is -2.44. The van der Waals surface area contributed by atoms with Crippen molar-refractivity contribution >= 4 is 0 Å². The molecule has 738 valence electrons. The predicted molar refractivity (Wildman–Crippen MR) is 462 cm³/mol. The molecule has 0 aliphatic carbocycles. The maximum absolute atomic E-state index is 12.0. The molecule has 0 amide bonds. The van der Waals surface area contributed by atoms with Crippen LogP contribution in [-0.2, 0) is 50.7 Å². The van der Waals surface area contributed by atoms with E-state index >= 15 is 0 Å². The summed E-state index contributed by atoms with van der Waals surface area (Å²) in [6, 6.07) is 5.22. The molecule has 2 fully saturated rings. The van der Waals surface area contributed by atoms with Gasteiger partial charge in [0, 0.05) is 68.4 Å². The van der Waals surface area contributed by atoms with Gasteiger partial charge in [-0.1, -0.05) is 226 Å². The largest absolute Gasteiger partial charge is 0.506 e. The third-order valence-corrected chi connectivity index (χ3v) is 24.2. The Bertz CT molecular complexity index is 3010. The van der Waals surface area contributed by atoms with Crippen LogP contribution in [-0.4, -0.2) is 333 Å². The number of aliphatic hydroxyl groups is 28. The molecule has 1 aromatic rings. The molecule has 0 aromatic heterocycles. The summed E-state index contributed by atoms with van der Waals surface area (Å²) in [5.41, 5.74) is -4.06. The molecule has 28 N–H and O–H groups in total. The summed E-state index contributed by atoms with van der Waals surface area (Å²) < 4.78 is 49.8. The van der Waals surface area contributed by atoms with Crippen molar-refractivity contribution in [1.29, 1.82) is 0 Å². The van der Waals surface area contributed by atoms with Crippen LogP contribution >= 0.6 is 0 Å². The number of aliphatic hydroxyl groups excluding tert-OH is 28. The van der Waals surface area contributed by atoms with E-state index in [1.54, 1.807) is 25.1 Å². The van der Waals surface area contributed by atoms with Crippen LogP contribution in [0.1, 0.15) is 281 Å². The van der Waals surface area contributed by atoms with E-state index in [0.717, 1.165) is 116 Å². The molecule has 126 heavy (non-hydrogen) atoms. The Labute approximate surface area is 742 Å². The Kier molecular flexibility index (Phi) is 58.3. The van der Waals surface area contributed by atoms with Crippen LogP contribution < -0.4 is 0 Å². The van der Waals surface area contributed by atoms with Crippen molar-refractivity contribution in [3.8, 4) is 0 Å². The van der Waals surface area contributed by atoms with E-state index in [0.29, 0.717) is 68.9 Å². The molecule has 2 aliphatic rings. The quantitative estimate of drug-likeness (QED) is 0.0185. The van der Waals surface area contributed by atoms with E-state index in [9.17, 15) is 143 Å². The van der Waals surface area contributed by atoms with Gasteiger partial charge in [0.05, 0.1) is 52.9 Å². The number of ether oxygens (including phenoxy) is 8. The second-order valence-corrected chi connectivity index (χ2v) is 34.7. The lowest BCUT2D eigenvalue weighted by Crippen LogP contribution is -2.60. The van der Waals surface area contributed by atoms with Crippen LogP contribution in [0.5, 0.6) is 0 Å². The topological polar surface area (TPSA) is 640 Å². The molecule has 36 nitrogen and oxygen atoms in total. The van der Waals surface area contributed by atoms with E-state index in [1.807, 2.05) is 0 Å². The highest BCUT2D eigenvalue weighted by Crippen LogP contribution is 2.48. The normalized spacial score (nSPS) is 24.0. The third-order valence-electron chi connectivity index (χ3n) is 24.2. The molecule has 36 heteroatoms. The molecular formula is C90H162O36. The maximum atomic E-state index is 12.0. The van der Waals surface area contributed by atoms with Gasteiger partial charge in [-0.05, 0) is 61.1 Å². The lowest BCUT2D eigenvalue weighted by atomic mass is 9.66. The smallest absolute Gasteiger partial charge is 0.217 e. The van der Waals surface area contributed by atoms with Gasteiger partial charge in [0.2, 0.25) is 25.2 Å². The predicted octanol–water partition coefficient (Wildman–Crippen LogP) is 6.63. The number of hydrogen-bond acceptors (Lipinski definition) is 36. The Morgan fingerprint density at radius 3 is 0.897 bits per heavy atom. The fourth-order valence-electron chi connectivity index (χ4n) is 16.5. The molecule has 0 saturated carbocycles. The molecule has 0 spiro atoms. The van der Waals surface area contributed by atoms with Gasteiger partial charge in [-0.2, -0.15) is 0 Å². The number of hydrogen-bond donors (Lipinski definition) is 28. The van der Waals surface area contributed by atoms with Crippen molar-refractivity contribution < 1.29 is 181 Å². The van der Waals surface area contributed by atoms with Crippen LogP contribution in [0.25, 0.3) is 0 Å². The van der Waals surface area contributed by atoms with Crippen molar-refractivity contribution in [3.05, 3.63) is 81.0 Å². The Morgan fingerprint density at radius 1 is 0.310 bits per heavy atom. The first-order valence-electron chi connectivity index (χ1n) is 46.0. The van der Waals surface area contributed by atoms with Gasteiger partial charge in [0.15, 0.2) is 58.7 Å². The van der Waals surface area contributed by atoms with Crippen molar-refractivity contribution in [2.75, 3.05) is 79.3 Å². The van der Waals surface area contributed by atoms with Gasteiger partial charge in [-0.3, -0.25) is 0 Å². The number of rotatable bonds is 74. The zero-order valence-electron chi connectivity index (χ0n) is 74.8. The molecule has 0 bridgehead atoms. The zero-order valence-corrected chi connectivity index (χ0v) is 74.8. The van der Waals surface area contributed by atoms with Crippen molar-refractivity contribution in [2.45, 2.75) is 389 Å². The standard InChI is InChI=1S/C90H162O36/c1-5-9-12-15-18-20-22-25-28-31-39-89(52-119-82(115)76(109)68(101)62(97)34-41-91,53-120-83(116)77(110)69(102)63(98)35-42-92)49-59-45-58(48-88(38-8-4,54-123-86-80(113)74(107)72(105)66(50-95)125-86)55-124-87-81(114)75(108)73(106)67(51-96)126-87)46-60(47-59)61(33-30-27-24-17-14-11-7-3)90(40-32-29-26-23-21-19-16-13-10-6-2,56-121-84(117)78(111)70(103)64(99)36-43-93)57-122-85(118)79(112)71(104)65(100)37-44-94/h45-47,61-67,72-75,80-87,91-118H,5-44,48-57H2,1-4H3/b76-68-,77-69+,78-70-,79-71+/t61?,62-,63-,64-,65-,66?,67?,72-,73-,74?,75?,80?,81?,82+,83+,84+,85+,86-,87-,88?,89?,90?/m1/s1. The van der Waals surface area contributed by atoms with Crippen molar-refractivity contribution in [3.63, 3.8) is 0 Å². The highest BCUT2D eigenvalue weighted by atomic mass is 16.7. The van der Waals surface area contributed by atoms with Gasteiger partial charge in [0.1, 0.15) is 73.2 Å². The Hall–Kier alpha value is -4.54. The first-order valence-corrected chi connectivity index (χ1v) is 46.0. The first-order chi connectivity index (χ1) is 60.2. The minimum Gasteiger partial charge on any atom is -0.506 e. The second-order valence-electron chi connectivity index (χ2n) is 34.7. The fourth-order valence-corrected chi connectivity index (χ4v) is 16.5. The summed E-state index contributed by atoms with van der Waals surface area (Å²) in [6.45, 7) is -0.471. The van der Waals surface area contributed by atoms with E-state index in [1.165, 1.54) is 0 Å². The average molecular weight is 1820 g/mol. The molecule has 3 rings (SSSR count). The summed E-state index contributed by atoms with van der Waals surface area (Å²) in [6.07, 6.45) is -16.2. The number of unbranched alkanes of at least 4 members (excludes halogenated alkanes) is 24. The summed E-state index contributed by atoms with van der Waals surface area (Å²) in [5, 5.41) is 309. The molecular weight excluding hydrogens is 1660 g/mol. The highest BCUT2D eigenvalue weighted by molar-refractivity contribution is 5.36. The maximum Gasteiger partial charge on any atom is 0.217 e. The lowest BCUT2D eigenvalue weighted by molar-refractivity contribution is -0.318. The minimum atomic E-state index is -2.48. The van der Waals surface area contributed by atoms with Crippen molar-refractivity contribution in [1.82, 2.24) is 0 Å². The molecule has 2 heterocycles. The molecule has 2 aliphatic heterocycles. The van der Waals surface area contributed by atoms with E-state index < -0.39 is 284 Å². The average Bonchev–Trinajstić information content (AvgIpc) is 0.775. The van der Waals surface area contributed by atoms with Crippen LogP contribution in [0, 0.1) is 16.2 Å². The van der Waals surface area contributed by atoms with E-state index in [2.05, 4.69) is 20.8 Å². The summed E-state index contributed by atoms with van der Waals surface area (Å²) >= 11 is 0. The van der Waals surface area contributed by atoms with Gasteiger partial charge in [0.25, 0.3) is 0 Å². The zero-order chi connectivity index (χ0) is 94.0. The molecule has 2 saturated heterocycles. The molecule has 1 aromatic carbocycles. The fraction of sp³-hybridized carbons (Fsp3) is 0.844. The van der Waals surface area contributed by atoms with Gasteiger partial charge >= 0.3 is 0 Å². The SMILES string of the molecule is CCCCCCCCCCCCC(CO[C@H](O)/C(O)=C(/O)[C@H](O)CCO)(CO[C@H](O)/C(O)=C(\O)[C@H](O)CCO)Cc1cc(CC(CCC)(CO[C@@H]2OC(CO)[C@@H](O)C(O)C2O)CO[C@@H]2OC(CO)[C@@H](O)C(O)C2O)cc(C(CCCCCCCCC)C(CCCCCCCCCCCC)(CO[C@H](O)/C(O)=C(/O)[C@H](O)CCO)CO[C@H](O)/C(O)=C(\O)[C@H](O)CCO)c1. The molecule has 21 atom stereocenters. The summed E-state index contributed by atoms with van der Waals surface area (Å²) in [5.74, 6) is -10.9. The van der Waals surface area contributed by atoms with Gasteiger partial charge < -0.3 is 181 Å². The Morgan fingerprint density at radius 2 is 0.595 bits per heavy atom. The van der Waals surface area contributed by atoms with Gasteiger partial charge in [-0.25, -0.2) is 0 Å². The van der Waals surface area contributed by atoms with Crippen LogP contribution in [0.15, 0.2) is 64.3 Å². The highest BCUT2D eigenvalue weighted by Gasteiger charge is 2.49. The molecule has 9 unspecified atom stereocenters. The third kappa shape index (κ3) is 39.3. The van der Waals surface area contributed by atoms with E-state index in [4.69, 9.17) is 37.9 Å². The molecule has 0 radical (unpaired) electrons. The van der Waals surface area contributed by atoms with Crippen LogP contribution in [0.2, 0.25) is 0 Å². The Balaban J connectivity index is 2.94. The van der Waals surface area contributed by atoms with Crippen molar-refractivity contribution in [2.24, 2.45) is 16.2 Å². The first kappa shape index (κ1) is 116. The monoisotopic (exact) mass is 1820 g/mol. The summed E-state index contributed by atoms with van der Waals surface area (Å²) in [4.78, 5) is 0. The number of benzene rings is 1. The van der Waals surface area contributed by atoms with Crippen LogP contribution in [0.4, 0.5) is 0 Å². The van der Waals surface area contributed by atoms with Crippen LogP contribution in [0.3, 0.4) is 0 Å². The minimum absolute atomic E-state index is 0.00957. The van der Waals surface area contributed by atoms with E-state index in [-0.39, 0.29) is 50.5 Å². The second kappa shape index (κ2) is 63.6.